The summed E-state index contributed by atoms with van der Waals surface area (Å²) in [6.45, 7) is 0.416. The molecule has 2 aromatic carbocycles. The Balaban J connectivity index is 1.76. The fourth-order valence-corrected chi connectivity index (χ4v) is 3.29. The number of hydrogen-bond acceptors (Lipinski definition) is 5. The van der Waals surface area contributed by atoms with Crippen LogP contribution in [-0.2, 0) is 6.54 Å². The molecule has 0 unspecified atom stereocenters. The Kier molecular flexibility index (Phi) is 5.57. The molecule has 6 nitrogen and oxygen atoms in total. The monoisotopic (exact) mass is 399 g/mol. The number of hydrogen-bond donors (Lipinski definition) is 1. The Morgan fingerprint density at radius 2 is 1.77 bits per heavy atom. The highest BCUT2D eigenvalue weighted by Crippen LogP contribution is 2.34. The van der Waals surface area contributed by atoms with Crippen molar-refractivity contribution in [3.05, 3.63) is 84.2 Å². The number of benzene rings is 2. The van der Waals surface area contributed by atoms with Crippen molar-refractivity contribution < 1.29 is 14.3 Å². The van der Waals surface area contributed by atoms with Gasteiger partial charge in [-0.05, 0) is 42.0 Å². The Morgan fingerprint density at radius 1 is 0.967 bits per heavy atom. The van der Waals surface area contributed by atoms with E-state index >= 15 is 0 Å². The smallest absolute Gasteiger partial charge is 0.252 e. The highest BCUT2D eigenvalue weighted by Gasteiger charge is 2.16. The quantitative estimate of drug-likeness (QED) is 0.525. The minimum atomic E-state index is -0.167. The zero-order chi connectivity index (χ0) is 20.9. The van der Waals surface area contributed by atoms with Crippen molar-refractivity contribution >= 4 is 16.8 Å². The van der Waals surface area contributed by atoms with E-state index in [1.165, 1.54) is 0 Å². The Bertz CT molecular complexity index is 1190. The first-order valence-electron chi connectivity index (χ1n) is 9.49. The summed E-state index contributed by atoms with van der Waals surface area (Å²) in [5.74, 6) is 1.14. The molecule has 6 heteroatoms. The van der Waals surface area contributed by atoms with Crippen LogP contribution in [0.5, 0.6) is 11.5 Å². The predicted octanol–water partition coefficient (Wildman–Crippen LogP) is 4.24. The summed E-state index contributed by atoms with van der Waals surface area (Å²) in [4.78, 5) is 21.8. The second-order valence-electron chi connectivity index (χ2n) is 6.68. The number of carbonyl (C=O) groups is 1. The lowest BCUT2D eigenvalue weighted by Crippen LogP contribution is -2.23. The number of nitrogens with one attached hydrogen (secondary N) is 1. The molecule has 0 aliphatic heterocycles. The van der Waals surface area contributed by atoms with E-state index in [0.29, 0.717) is 29.3 Å². The number of methoxy groups -OCH3 is 2. The second kappa shape index (κ2) is 8.61. The maximum Gasteiger partial charge on any atom is 0.252 e. The minimum absolute atomic E-state index is 0.167. The summed E-state index contributed by atoms with van der Waals surface area (Å²) in [5, 5.41) is 3.78. The SMILES string of the molecule is COc1ccc(-c2cc(C(=O)NCc3ccncc3)c3ccccc3n2)c(OC)c1. The zero-order valence-electron chi connectivity index (χ0n) is 16.8. The van der Waals surface area contributed by atoms with Gasteiger partial charge in [0.1, 0.15) is 11.5 Å². The maximum atomic E-state index is 13.1. The number of pyridine rings is 2. The molecule has 4 rings (SSSR count). The standard InChI is InChI=1S/C24H21N3O3/c1-29-17-7-8-19(23(13-17)30-2)22-14-20(18-5-3-4-6-21(18)27-22)24(28)26-15-16-9-11-25-12-10-16/h3-14H,15H2,1-2H3,(H,26,28). The van der Waals surface area contributed by atoms with Gasteiger partial charge in [-0.1, -0.05) is 18.2 Å². The Morgan fingerprint density at radius 3 is 2.53 bits per heavy atom. The summed E-state index contributed by atoms with van der Waals surface area (Å²) < 4.78 is 10.8. The number of fused-ring (bicyclic) bond motifs is 1. The Hall–Kier alpha value is -3.93. The van der Waals surface area contributed by atoms with Crippen molar-refractivity contribution in [3.8, 4) is 22.8 Å². The van der Waals surface area contributed by atoms with Crippen LogP contribution in [0, 0.1) is 0 Å². The molecule has 30 heavy (non-hydrogen) atoms. The molecule has 2 aromatic heterocycles. The van der Waals surface area contributed by atoms with E-state index in [4.69, 9.17) is 14.5 Å². The molecule has 1 N–H and O–H groups in total. The van der Waals surface area contributed by atoms with Crippen LogP contribution >= 0.6 is 0 Å². The number of ether oxygens (including phenoxy) is 2. The molecule has 0 aliphatic rings. The van der Waals surface area contributed by atoms with Crippen LogP contribution in [0.4, 0.5) is 0 Å². The number of nitrogens with zero attached hydrogens (tertiary/aromatic N) is 2. The third-order valence-electron chi connectivity index (χ3n) is 4.85. The average molecular weight is 399 g/mol. The molecule has 4 aromatic rings. The van der Waals surface area contributed by atoms with Gasteiger partial charge in [-0.25, -0.2) is 4.98 Å². The lowest BCUT2D eigenvalue weighted by molar-refractivity contribution is 0.0952. The molecule has 0 atom stereocenters. The second-order valence-corrected chi connectivity index (χ2v) is 6.68. The van der Waals surface area contributed by atoms with Gasteiger partial charge in [0, 0.05) is 36.0 Å². The van der Waals surface area contributed by atoms with Crippen LogP contribution < -0.4 is 14.8 Å². The molecule has 0 aliphatic carbocycles. The molecular weight excluding hydrogens is 378 g/mol. The minimum Gasteiger partial charge on any atom is -0.497 e. The van der Waals surface area contributed by atoms with E-state index in [0.717, 1.165) is 22.0 Å². The van der Waals surface area contributed by atoms with Gasteiger partial charge in [0.15, 0.2) is 0 Å². The maximum absolute atomic E-state index is 13.1. The van der Waals surface area contributed by atoms with Crippen LogP contribution in [0.15, 0.2) is 73.1 Å². The van der Waals surface area contributed by atoms with Gasteiger partial charge in [0.2, 0.25) is 0 Å². The number of carbonyl (C=O) groups excluding carboxylic acids is 1. The van der Waals surface area contributed by atoms with Gasteiger partial charge in [-0.3, -0.25) is 9.78 Å². The van der Waals surface area contributed by atoms with Gasteiger partial charge < -0.3 is 14.8 Å². The van der Waals surface area contributed by atoms with Crippen molar-refractivity contribution in [3.63, 3.8) is 0 Å². The van der Waals surface area contributed by atoms with E-state index in [2.05, 4.69) is 10.3 Å². The third kappa shape index (κ3) is 3.93. The zero-order valence-corrected chi connectivity index (χ0v) is 16.8. The van der Waals surface area contributed by atoms with Crippen LogP contribution in [0.1, 0.15) is 15.9 Å². The number of amides is 1. The van der Waals surface area contributed by atoms with Gasteiger partial charge in [0.25, 0.3) is 5.91 Å². The highest BCUT2D eigenvalue weighted by atomic mass is 16.5. The molecular formula is C24H21N3O3. The molecule has 0 saturated heterocycles. The van der Waals surface area contributed by atoms with Crippen molar-refractivity contribution in [2.45, 2.75) is 6.54 Å². The van der Waals surface area contributed by atoms with Gasteiger partial charge >= 0.3 is 0 Å². The summed E-state index contributed by atoms with van der Waals surface area (Å²) in [6, 6.07) is 18.7. The molecule has 0 spiro atoms. The van der Waals surface area contributed by atoms with Crippen molar-refractivity contribution in [2.24, 2.45) is 0 Å². The first kappa shape index (κ1) is 19.4. The van der Waals surface area contributed by atoms with Crippen molar-refractivity contribution in [1.82, 2.24) is 15.3 Å². The summed E-state index contributed by atoms with van der Waals surface area (Å²) in [7, 11) is 3.20. The highest BCUT2D eigenvalue weighted by molar-refractivity contribution is 6.07. The van der Waals surface area contributed by atoms with Crippen LogP contribution in [0.25, 0.3) is 22.2 Å². The summed E-state index contributed by atoms with van der Waals surface area (Å²) in [5.41, 5.74) is 3.72. The normalized spacial score (nSPS) is 10.6. The largest absolute Gasteiger partial charge is 0.497 e. The fraction of sp³-hybridized carbons (Fsp3) is 0.125. The van der Waals surface area contributed by atoms with E-state index in [1.807, 2.05) is 48.5 Å². The molecule has 2 heterocycles. The van der Waals surface area contributed by atoms with Gasteiger partial charge in [0.05, 0.1) is 31.0 Å². The molecule has 150 valence electrons. The molecule has 1 amide bonds. The average Bonchev–Trinajstić information content (AvgIpc) is 2.82. The van der Waals surface area contributed by atoms with Crippen LogP contribution in [0.3, 0.4) is 0 Å². The fourth-order valence-electron chi connectivity index (χ4n) is 3.29. The van der Waals surface area contributed by atoms with E-state index in [-0.39, 0.29) is 5.91 Å². The molecule has 0 bridgehead atoms. The lowest BCUT2D eigenvalue weighted by atomic mass is 10.0. The van der Waals surface area contributed by atoms with Crippen LogP contribution in [0.2, 0.25) is 0 Å². The predicted molar refractivity (Wildman–Crippen MR) is 116 cm³/mol. The van der Waals surface area contributed by atoms with Crippen molar-refractivity contribution in [2.75, 3.05) is 14.2 Å². The summed E-state index contributed by atoms with van der Waals surface area (Å²) >= 11 is 0. The van der Waals surface area contributed by atoms with Crippen molar-refractivity contribution in [1.29, 1.82) is 0 Å². The number of rotatable bonds is 6. The number of aromatic nitrogens is 2. The number of para-hydroxylation sites is 1. The van der Waals surface area contributed by atoms with E-state index < -0.39 is 0 Å². The molecule has 0 radical (unpaired) electrons. The molecule has 0 fully saturated rings. The van der Waals surface area contributed by atoms with E-state index in [9.17, 15) is 4.79 Å². The van der Waals surface area contributed by atoms with E-state index in [1.54, 1.807) is 38.7 Å². The molecule has 0 saturated carbocycles. The summed E-state index contributed by atoms with van der Waals surface area (Å²) in [6.07, 6.45) is 3.41. The first-order valence-corrected chi connectivity index (χ1v) is 9.49. The van der Waals surface area contributed by atoms with Crippen LogP contribution in [-0.4, -0.2) is 30.1 Å². The lowest BCUT2D eigenvalue weighted by Gasteiger charge is -2.13. The van der Waals surface area contributed by atoms with Gasteiger partial charge in [-0.15, -0.1) is 0 Å². The van der Waals surface area contributed by atoms with Gasteiger partial charge in [-0.2, -0.15) is 0 Å². The third-order valence-corrected chi connectivity index (χ3v) is 4.85. The topological polar surface area (TPSA) is 73.3 Å². The Labute approximate surface area is 174 Å². The first-order chi connectivity index (χ1) is 14.7.